The van der Waals surface area contributed by atoms with Gasteiger partial charge in [-0.3, -0.25) is 4.68 Å². The fraction of sp³-hybridized carbons (Fsp3) is 0.615. The van der Waals surface area contributed by atoms with E-state index in [9.17, 15) is 0 Å². The molecule has 8 rings (SSSR count). The SMILES string of the molecule is CC.COC12CC(n3cc(-n4ncc5cc(Cl)c(N6CCNCC6)cc54)cn3)(C1)C2.OC1CCOC1. The minimum Gasteiger partial charge on any atom is -0.391 e. The number of nitrogens with one attached hydrogen (secondary N) is 1. The molecule has 0 amide bonds. The highest BCUT2D eigenvalue weighted by molar-refractivity contribution is 6.34. The van der Waals surface area contributed by atoms with E-state index in [1.165, 1.54) is 0 Å². The lowest BCUT2D eigenvalue weighted by Gasteiger charge is -2.68. The molecule has 3 aromatic rings. The van der Waals surface area contributed by atoms with Gasteiger partial charge in [-0.15, -0.1) is 0 Å². The van der Waals surface area contributed by atoms with Crippen molar-refractivity contribution in [3.05, 3.63) is 35.7 Å². The summed E-state index contributed by atoms with van der Waals surface area (Å²) < 4.78 is 14.5. The van der Waals surface area contributed by atoms with Crippen LogP contribution in [0.15, 0.2) is 30.7 Å². The standard InChI is InChI=1S/C20H23ClN6O.C4H8O2.C2H6/c1-28-20-11-19(12-20,13-20)26-10-15(9-23-26)27-17-7-18(25-4-2-22-3-5-25)16(21)6-14(17)8-24-27;5-4-1-2-6-3-4;1-2/h6-10,22H,2-5,11-13H2,1H3;4-5H,1-3H2;1-2H3. The lowest BCUT2D eigenvalue weighted by Crippen LogP contribution is -2.73. The van der Waals surface area contributed by atoms with Gasteiger partial charge >= 0.3 is 0 Å². The molecule has 2 saturated heterocycles. The van der Waals surface area contributed by atoms with Gasteiger partial charge in [0, 0.05) is 64.5 Å². The number of aliphatic hydroxyl groups excluding tert-OH is 1. The van der Waals surface area contributed by atoms with E-state index in [1.807, 2.05) is 44.1 Å². The van der Waals surface area contributed by atoms with Gasteiger partial charge < -0.3 is 24.8 Å². The summed E-state index contributed by atoms with van der Waals surface area (Å²) in [6, 6.07) is 4.18. The van der Waals surface area contributed by atoms with Gasteiger partial charge in [0.15, 0.2) is 0 Å². The minimum absolute atomic E-state index is 0.111. The van der Waals surface area contributed by atoms with Gasteiger partial charge in [-0.2, -0.15) is 10.2 Å². The number of piperazine rings is 1. The second-order valence-electron chi connectivity index (χ2n) is 9.96. The van der Waals surface area contributed by atoms with Crippen LogP contribution in [0.3, 0.4) is 0 Å². The Kier molecular flexibility index (Phi) is 7.29. The van der Waals surface area contributed by atoms with Crippen molar-refractivity contribution in [1.82, 2.24) is 24.9 Å². The van der Waals surface area contributed by atoms with Crippen LogP contribution in [0.5, 0.6) is 0 Å². The maximum atomic E-state index is 8.60. The van der Waals surface area contributed by atoms with Crippen molar-refractivity contribution in [3.63, 3.8) is 0 Å². The molecule has 5 aliphatic rings. The third kappa shape index (κ3) is 4.52. The molecule has 36 heavy (non-hydrogen) atoms. The summed E-state index contributed by atoms with van der Waals surface area (Å²) in [6.07, 6.45) is 9.71. The van der Waals surface area contributed by atoms with Gasteiger partial charge in [-0.1, -0.05) is 25.4 Å². The van der Waals surface area contributed by atoms with E-state index in [-0.39, 0.29) is 17.2 Å². The number of ether oxygens (including phenoxy) is 2. The largest absolute Gasteiger partial charge is 0.391 e. The molecule has 3 aliphatic carbocycles. The molecule has 9 nitrogen and oxygen atoms in total. The van der Waals surface area contributed by atoms with Crippen LogP contribution in [0, 0.1) is 0 Å². The Hall–Kier alpha value is -2.17. The van der Waals surface area contributed by atoms with Crippen LogP contribution in [0.4, 0.5) is 5.69 Å². The molecule has 2 aliphatic heterocycles. The summed E-state index contributed by atoms with van der Waals surface area (Å²) in [4.78, 5) is 2.34. The fourth-order valence-corrected chi connectivity index (χ4v) is 5.99. The summed E-state index contributed by atoms with van der Waals surface area (Å²) in [6.45, 7) is 9.15. The quantitative estimate of drug-likeness (QED) is 0.549. The van der Waals surface area contributed by atoms with Gasteiger partial charge in [0.1, 0.15) is 5.69 Å². The third-order valence-corrected chi connectivity index (χ3v) is 7.99. The van der Waals surface area contributed by atoms with Gasteiger partial charge in [-0.25, -0.2) is 4.68 Å². The topological polar surface area (TPSA) is 89.6 Å². The Morgan fingerprint density at radius 1 is 1.14 bits per heavy atom. The maximum absolute atomic E-state index is 8.60. The molecule has 2 N–H and O–H groups in total. The molecule has 3 saturated carbocycles. The highest BCUT2D eigenvalue weighted by Gasteiger charge is 2.70. The highest BCUT2D eigenvalue weighted by atomic mass is 35.5. The molecule has 1 atom stereocenters. The number of aromatic nitrogens is 4. The molecule has 1 aromatic carbocycles. The average Bonchev–Trinajstić information content (AvgIpc) is 3.61. The molecule has 4 heterocycles. The zero-order chi connectivity index (χ0) is 25.3. The Balaban J connectivity index is 0.000000290. The molecule has 0 radical (unpaired) electrons. The molecule has 0 spiro atoms. The lowest BCUT2D eigenvalue weighted by molar-refractivity contribution is -0.265. The van der Waals surface area contributed by atoms with Crippen molar-refractivity contribution in [2.24, 2.45) is 0 Å². The first kappa shape index (κ1) is 25.5. The summed E-state index contributed by atoms with van der Waals surface area (Å²) in [5.74, 6) is 0. The van der Waals surface area contributed by atoms with E-state index in [4.69, 9.17) is 26.2 Å². The summed E-state index contributed by atoms with van der Waals surface area (Å²) in [5, 5.41) is 23.1. The van der Waals surface area contributed by atoms with Crippen LogP contribution in [0.25, 0.3) is 16.6 Å². The van der Waals surface area contributed by atoms with Crippen molar-refractivity contribution >= 4 is 28.2 Å². The average molecular weight is 517 g/mol. The number of anilines is 1. The number of halogens is 1. The van der Waals surface area contributed by atoms with Crippen LogP contribution in [-0.2, 0) is 15.0 Å². The van der Waals surface area contributed by atoms with Gasteiger partial charge in [-0.05, 0) is 18.6 Å². The maximum Gasteiger partial charge on any atom is 0.103 e. The number of methoxy groups -OCH3 is 1. The number of hydrogen-bond donors (Lipinski definition) is 2. The van der Waals surface area contributed by atoms with Gasteiger partial charge in [0.25, 0.3) is 0 Å². The molecule has 1 unspecified atom stereocenters. The highest BCUT2D eigenvalue weighted by Crippen LogP contribution is 2.66. The zero-order valence-corrected chi connectivity index (χ0v) is 22.2. The molecule has 2 aromatic heterocycles. The first-order chi connectivity index (χ1) is 17.5. The van der Waals surface area contributed by atoms with E-state index < -0.39 is 0 Å². The summed E-state index contributed by atoms with van der Waals surface area (Å²) in [5.41, 5.74) is 3.38. The second-order valence-corrected chi connectivity index (χ2v) is 10.4. The monoisotopic (exact) mass is 516 g/mol. The Labute approximate surface area is 217 Å². The molecular weight excluding hydrogens is 480 g/mol. The molecule has 10 heteroatoms. The van der Waals surface area contributed by atoms with Crippen LogP contribution < -0.4 is 10.2 Å². The van der Waals surface area contributed by atoms with E-state index in [0.29, 0.717) is 6.61 Å². The first-order valence-electron chi connectivity index (χ1n) is 13.0. The first-order valence-corrected chi connectivity index (χ1v) is 13.4. The number of fused-ring (bicyclic) bond motifs is 1. The third-order valence-electron chi connectivity index (χ3n) is 7.69. The molecule has 2 bridgehead atoms. The van der Waals surface area contributed by atoms with E-state index in [2.05, 4.69) is 37.4 Å². The van der Waals surface area contributed by atoms with E-state index in [1.54, 1.807) is 0 Å². The number of hydrogen-bond acceptors (Lipinski definition) is 7. The van der Waals surface area contributed by atoms with Crippen LogP contribution >= 0.6 is 11.6 Å². The van der Waals surface area contributed by atoms with Crippen LogP contribution in [0.2, 0.25) is 5.02 Å². The summed E-state index contributed by atoms with van der Waals surface area (Å²) >= 11 is 6.59. The van der Waals surface area contributed by atoms with Gasteiger partial charge in [0.05, 0.1) is 58.7 Å². The van der Waals surface area contributed by atoms with Crippen LogP contribution in [0.1, 0.15) is 39.5 Å². The van der Waals surface area contributed by atoms with Crippen molar-refractivity contribution in [1.29, 1.82) is 0 Å². The lowest BCUT2D eigenvalue weighted by atomic mass is 9.46. The number of nitrogens with zero attached hydrogens (tertiary/aromatic N) is 5. The van der Waals surface area contributed by atoms with Gasteiger partial charge in [0.2, 0.25) is 0 Å². The predicted molar refractivity (Wildman–Crippen MR) is 141 cm³/mol. The Bertz CT molecular complexity index is 1160. The zero-order valence-electron chi connectivity index (χ0n) is 21.4. The molecule has 196 valence electrons. The Morgan fingerprint density at radius 2 is 1.89 bits per heavy atom. The van der Waals surface area contributed by atoms with Crippen molar-refractivity contribution in [2.45, 2.75) is 56.8 Å². The van der Waals surface area contributed by atoms with Crippen LogP contribution in [-0.4, -0.2) is 82.9 Å². The van der Waals surface area contributed by atoms with Crippen molar-refractivity contribution in [2.75, 3.05) is 51.4 Å². The molecule has 5 fully saturated rings. The number of rotatable bonds is 4. The number of aliphatic hydroxyl groups is 1. The van der Waals surface area contributed by atoms with E-state index in [0.717, 1.165) is 85.8 Å². The summed E-state index contributed by atoms with van der Waals surface area (Å²) in [7, 11) is 1.81. The fourth-order valence-electron chi connectivity index (χ4n) is 5.70. The van der Waals surface area contributed by atoms with Crippen molar-refractivity contribution in [3.8, 4) is 5.69 Å². The Morgan fingerprint density at radius 3 is 2.50 bits per heavy atom. The predicted octanol–water partition coefficient (Wildman–Crippen LogP) is 3.36. The number of benzene rings is 1. The normalized spacial score (nSPS) is 28.5. The molecular formula is C26H37ClN6O3. The smallest absolute Gasteiger partial charge is 0.103 e. The van der Waals surface area contributed by atoms with Crippen molar-refractivity contribution < 1.29 is 14.6 Å². The van der Waals surface area contributed by atoms with E-state index >= 15 is 0 Å². The minimum atomic E-state index is -0.176. The second kappa shape index (κ2) is 10.3.